The molecular formula is C27H32F3N3O2. The van der Waals surface area contributed by atoms with Crippen molar-refractivity contribution in [3.05, 3.63) is 83.1 Å². The van der Waals surface area contributed by atoms with Gasteiger partial charge in [0.25, 0.3) is 5.91 Å². The average molecular weight is 488 g/mol. The van der Waals surface area contributed by atoms with Gasteiger partial charge in [0.05, 0.1) is 23.8 Å². The van der Waals surface area contributed by atoms with Gasteiger partial charge in [-0.15, -0.1) is 0 Å². The number of likely N-dealkylation sites (tertiary alicyclic amines) is 1. The molecule has 0 radical (unpaired) electrons. The Bertz CT molecular complexity index is 1070. The summed E-state index contributed by atoms with van der Waals surface area (Å²) in [5.74, 6) is -0.572. The highest BCUT2D eigenvalue weighted by molar-refractivity contribution is 5.94. The van der Waals surface area contributed by atoms with Crippen molar-refractivity contribution in [1.82, 2.24) is 15.5 Å². The Morgan fingerprint density at radius 1 is 1.14 bits per heavy atom. The van der Waals surface area contributed by atoms with Crippen molar-refractivity contribution in [1.29, 1.82) is 0 Å². The summed E-state index contributed by atoms with van der Waals surface area (Å²) < 4.78 is 38.6. The molecule has 1 amide bonds. The third kappa shape index (κ3) is 6.05. The van der Waals surface area contributed by atoms with Crippen molar-refractivity contribution in [2.45, 2.75) is 56.5 Å². The number of aliphatic hydroxyl groups is 1. The van der Waals surface area contributed by atoms with E-state index in [1.807, 2.05) is 25.1 Å². The number of benzene rings is 2. The highest BCUT2D eigenvalue weighted by Crippen LogP contribution is 2.39. The number of hydrogen-bond acceptors (Lipinski definition) is 4. The van der Waals surface area contributed by atoms with E-state index < -0.39 is 23.2 Å². The molecule has 4 rings (SSSR count). The number of carbonyl (C=O) groups is 1. The molecule has 2 aromatic carbocycles. The first-order chi connectivity index (χ1) is 16.5. The number of rotatable bonds is 7. The Kier molecular flexibility index (Phi) is 7.24. The topological polar surface area (TPSA) is 64.6 Å². The van der Waals surface area contributed by atoms with Crippen molar-refractivity contribution in [3.63, 3.8) is 0 Å². The molecule has 0 atom stereocenters. The monoisotopic (exact) mass is 487 g/mol. The molecule has 188 valence electrons. The van der Waals surface area contributed by atoms with Gasteiger partial charge >= 0.3 is 6.18 Å². The van der Waals surface area contributed by atoms with Crippen molar-refractivity contribution < 1.29 is 23.1 Å². The van der Waals surface area contributed by atoms with Crippen LogP contribution in [0.25, 0.3) is 0 Å². The second-order valence-corrected chi connectivity index (χ2v) is 9.79. The molecule has 1 aliphatic carbocycles. The Balaban J connectivity index is 1.18. The second kappa shape index (κ2) is 10.0. The molecule has 8 heteroatoms. The van der Waals surface area contributed by atoms with Crippen molar-refractivity contribution in [2.24, 2.45) is 0 Å². The predicted molar refractivity (Wildman–Crippen MR) is 129 cm³/mol. The van der Waals surface area contributed by atoms with E-state index in [0.29, 0.717) is 11.7 Å². The zero-order chi connectivity index (χ0) is 25.2. The molecule has 1 aliphatic heterocycles. The molecule has 1 saturated carbocycles. The minimum Gasteiger partial charge on any atom is -0.385 e. The molecule has 35 heavy (non-hydrogen) atoms. The third-order valence-electron chi connectivity index (χ3n) is 7.09. The van der Waals surface area contributed by atoms with Crippen LogP contribution in [0.1, 0.15) is 52.7 Å². The lowest BCUT2D eigenvalue weighted by molar-refractivity contribution is -0.137. The molecule has 0 unspecified atom stereocenters. The quantitative estimate of drug-likeness (QED) is 0.543. The highest BCUT2D eigenvalue weighted by atomic mass is 19.4. The summed E-state index contributed by atoms with van der Waals surface area (Å²) in [4.78, 5) is 14.7. The first kappa shape index (κ1) is 25.3. The third-order valence-corrected chi connectivity index (χ3v) is 7.09. The number of amides is 1. The number of hydrogen-bond donors (Lipinski definition) is 3. The molecule has 0 spiro atoms. The Morgan fingerprint density at radius 2 is 1.83 bits per heavy atom. The predicted octanol–water partition coefficient (Wildman–Crippen LogP) is 4.36. The van der Waals surface area contributed by atoms with Gasteiger partial charge in [0.2, 0.25) is 0 Å². The first-order valence-corrected chi connectivity index (χ1v) is 12.0. The average Bonchev–Trinajstić information content (AvgIpc) is 2.80. The van der Waals surface area contributed by atoms with E-state index >= 15 is 0 Å². The summed E-state index contributed by atoms with van der Waals surface area (Å²) in [6, 6.07) is 13.1. The largest absolute Gasteiger partial charge is 0.416 e. The zero-order valence-electron chi connectivity index (χ0n) is 19.9. The van der Waals surface area contributed by atoms with Crippen LogP contribution in [0.15, 0.2) is 60.8 Å². The standard InChI is InChI=1S/C27H32F3N3O2/c1-18-5-3-7-21(13-18)26(35)11-9-24(10-12-26)33-16-23(17-33)32-19(2)15-31-25(34)20-6-4-8-22(14-20)27(28,29)30/h3-8,13-14,23-24,32,35H,2,9-12,15-17H2,1H3,(H,31,34)/t24-,26-. The van der Waals surface area contributed by atoms with Gasteiger partial charge in [-0.1, -0.05) is 42.5 Å². The van der Waals surface area contributed by atoms with E-state index in [1.165, 1.54) is 12.1 Å². The Morgan fingerprint density at radius 3 is 2.49 bits per heavy atom. The number of nitrogens with one attached hydrogen (secondary N) is 2. The van der Waals surface area contributed by atoms with Crippen LogP contribution in [0, 0.1) is 6.92 Å². The SMILES string of the molecule is C=C(CNC(=O)c1cccc(C(F)(F)F)c1)NC1CN([C@H]2CC[C@@](O)(c3cccc(C)c3)CC2)C1. The van der Waals surface area contributed by atoms with Crippen LogP contribution in [0.4, 0.5) is 13.2 Å². The molecule has 2 aromatic rings. The Labute approximate surface area is 204 Å². The first-order valence-electron chi connectivity index (χ1n) is 12.0. The van der Waals surface area contributed by atoms with Crippen LogP contribution in [0.5, 0.6) is 0 Å². The highest BCUT2D eigenvalue weighted by Gasteiger charge is 2.40. The van der Waals surface area contributed by atoms with E-state index in [0.717, 1.165) is 62.0 Å². The van der Waals surface area contributed by atoms with Crippen LogP contribution < -0.4 is 10.6 Å². The summed E-state index contributed by atoms with van der Waals surface area (Å²) in [7, 11) is 0. The molecule has 2 fully saturated rings. The lowest BCUT2D eigenvalue weighted by atomic mass is 9.76. The molecule has 5 nitrogen and oxygen atoms in total. The second-order valence-electron chi connectivity index (χ2n) is 9.79. The van der Waals surface area contributed by atoms with E-state index in [4.69, 9.17) is 0 Å². The molecule has 3 N–H and O–H groups in total. The fraction of sp³-hybridized carbons (Fsp3) is 0.444. The lowest BCUT2D eigenvalue weighted by Gasteiger charge is -2.48. The number of alkyl halides is 3. The van der Waals surface area contributed by atoms with Gasteiger partial charge < -0.3 is 15.7 Å². The summed E-state index contributed by atoms with van der Waals surface area (Å²) >= 11 is 0. The summed E-state index contributed by atoms with van der Waals surface area (Å²) in [5, 5.41) is 17.1. The van der Waals surface area contributed by atoms with Crippen molar-refractivity contribution >= 4 is 5.91 Å². The van der Waals surface area contributed by atoms with E-state index in [1.54, 1.807) is 0 Å². The summed E-state index contributed by atoms with van der Waals surface area (Å²) in [6.45, 7) is 7.82. The van der Waals surface area contributed by atoms with Gasteiger partial charge in [-0.25, -0.2) is 0 Å². The number of halogens is 3. The summed E-state index contributed by atoms with van der Waals surface area (Å²) in [6.07, 6.45) is -1.14. The maximum atomic E-state index is 12.9. The van der Waals surface area contributed by atoms with Crippen LogP contribution >= 0.6 is 0 Å². The fourth-order valence-corrected chi connectivity index (χ4v) is 5.04. The van der Waals surface area contributed by atoms with Crippen LogP contribution in [0.3, 0.4) is 0 Å². The van der Waals surface area contributed by atoms with Gasteiger partial charge in [-0.2, -0.15) is 13.2 Å². The fourth-order valence-electron chi connectivity index (χ4n) is 5.04. The zero-order valence-corrected chi connectivity index (χ0v) is 19.9. The maximum absolute atomic E-state index is 12.9. The molecule has 1 saturated heterocycles. The van der Waals surface area contributed by atoms with Gasteiger partial charge in [0, 0.05) is 30.4 Å². The number of nitrogens with zero attached hydrogens (tertiary/aromatic N) is 1. The van der Waals surface area contributed by atoms with E-state index in [-0.39, 0.29) is 18.2 Å². The van der Waals surface area contributed by atoms with Gasteiger partial charge in [0.15, 0.2) is 0 Å². The Hall–Kier alpha value is -2.84. The molecule has 2 aliphatic rings. The van der Waals surface area contributed by atoms with Crippen molar-refractivity contribution in [3.8, 4) is 0 Å². The van der Waals surface area contributed by atoms with E-state index in [2.05, 4.69) is 28.2 Å². The number of aryl methyl sites for hydroxylation is 1. The minimum atomic E-state index is -4.49. The molecule has 0 bridgehead atoms. The van der Waals surface area contributed by atoms with E-state index in [9.17, 15) is 23.1 Å². The normalized spacial score (nSPS) is 23.4. The molecule has 1 heterocycles. The van der Waals surface area contributed by atoms with Crippen molar-refractivity contribution in [2.75, 3.05) is 19.6 Å². The maximum Gasteiger partial charge on any atom is 0.416 e. The summed E-state index contributed by atoms with van der Waals surface area (Å²) in [5.41, 5.74) is 1.13. The molecule has 0 aromatic heterocycles. The van der Waals surface area contributed by atoms with Gasteiger partial charge in [-0.05, 0) is 56.4 Å². The van der Waals surface area contributed by atoms with Gasteiger partial charge in [0.1, 0.15) is 0 Å². The van der Waals surface area contributed by atoms with Crippen LogP contribution in [0.2, 0.25) is 0 Å². The van der Waals surface area contributed by atoms with Crippen LogP contribution in [-0.4, -0.2) is 47.6 Å². The lowest BCUT2D eigenvalue weighted by Crippen LogP contribution is -2.62. The molecular weight excluding hydrogens is 455 g/mol. The smallest absolute Gasteiger partial charge is 0.385 e. The van der Waals surface area contributed by atoms with Gasteiger partial charge in [-0.3, -0.25) is 9.69 Å². The minimum absolute atomic E-state index is 0.0367. The number of carbonyl (C=O) groups excluding carboxylic acids is 1. The van der Waals surface area contributed by atoms with Crippen LogP contribution in [-0.2, 0) is 11.8 Å².